The summed E-state index contributed by atoms with van der Waals surface area (Å²) in [7, 11) is 0. The number of likely N-dealkylation sites (tertiary alicyclic amines) is 1. The minimum Gasteiger partial charge on any atom is -0.392 e. The number of hydrogen-bond acceptors (Lipinski definition) is 3. The third kappa shape index (κ3) is 4.07. The van der Waals surface area contributed by atoms with Gasteiger partial charge in [0.25, 0.3) is 0 Å². The summed E-state index contributed by atoms with van der Waals surface area (Å²) in [6.07, 6.45) is 1.73. The van der Waals surface area contributed by atoms with Crippen LogP contribution in [0.4, 0.5) is 0 Å². The monoisotopic (exact) mass is 200 g/mol. The summed E-state index contributed by atoms with van der Waals surface area (Å²) in [5, 5.41) is 12.1. The summed E-state index contributed by atoms with van der Waals surface area (Å²) in [4.78, 5) is 13.0. The van der Waals surface area contributed by atoms with Crippen LogP contribution in [0.25, 0.3) is 0 Å². The fourth-order valence-electron chi connectivity index (χ4n) is 1.92. The Morgan fingerprint density at radius 1 is 1.57 bits per heavy atom. The first-order valence-electron chi connectivity index (χ1n) is 5.25. The smallest absolute Gasteiger partial charge is 0.217 e. The molecule has 1 fully saturated rings. The van der Waals surface area contributed by atoms with Crippen molar-refractivity contribution in [3.8, 4) is 0 Å². The topological polar surface area (TPSA) is 52.6 Å². The van der Waals surface area contributed by atoms with Gasteiger partial charge in [-0.15, -0.1) is 0 Å². The highest BCUT2D eigenvalue weighted by Gasteiger charge is 2.19. The molecule has 0 spiro atoms. The normalized spacial score (nSPS) is 21.9. The Hall–Kier alpha value is -0.610. The first-order chi connectivity index (χ1) is 6.58. The van der Waals surface area contributed by atoms with E-state index >= 15 is 0 Å². The van der Waals surface area contributed by atoms with Gasteiger partial charge in [-0.05, 0) is 19.8 Å². The van der Waals surface area contributed by atoms with Crippen LogP contribution in [0.1, 0.15) is 26.7 Å². The molecule has 0 aromatic carbocycles. The maximum absolute atomic E-state index is 10.8. The van der Waals surface area contributed by atoms with E-state index in [9.17, 15) is 9.90 Å². The van der Waals surface area contributed by atoms with Crippen molar-refractivity contribution in [1.29, 1.82) is 0 Å². The lowest BCUT2D eigenvalue weighted by atomic mass is 10.0. The number of carbonyl (C=O) groups is 1. The number of rotatable bonds is 3. The number of hydrogen-bond donors (Lipinski definition) is 2. The summed E-state index contributed by atoms with van der Waals surface area (Å²) in [6.45, 7) is 6.04. The standard InChI is InChI=1S/C10H20N2O2/c1-8(13)7-12-5-3-10(4-6-12)11-9(2)14/h8,10,13H,3-7H2,1-2H3,(H,11,14)/t8-/m1/s1. The molecule has 4 nitrogen and oxygen atoms in total. The van der Waals surface area contributed by atoms with Gasteiger partial charge in [0, 0.05) is 32.6 Å². The minimum atomic E-state index is -0.257. The Morgan fingerprint density at radius 2 is 2.14 bits per heavy atom. The van der Waals surface area contributed by atoms with E-state index in [0.29, 0.717) is 6.04 Å². The van der Waals surface area contributed by atoms with Crippen molar-refractivity contribution in [3.63, 3.8) is 0 Å². The van der Waals surface area contributed by atoms with E-state index in [2.05, 4.69) is 10.2 Å². The van der Waals surface area contributed by atoms with Crippen LogP contribution in [0.5, 0.6) is 0 Å². The van der Waals surface area contributed by atoms with Gasteiger partial charge in [-0.25, -0.2) is 0 Å². The lowest BCUT2D eigenvalue weighted by Gasteiger charge is -2.32. The van der Waals surface area contributed by atoms with E-state index in [1.807, 2.05) is 0 Å². The van der Waals surface area contributed by atoms with Crippen molar-refractivity contribution in [3.05, 3.63) is 0 Å². The molecule has 0 radical (unpaired) electrons. The number of piperidine rings is 1. The molecule has 82 valence electrons. The highest BCUT2D eigenvalue weighted by Crippen LogP contribution is 2.10. The predicted molar refractivity (Wildman–Crippen MR) is 55.0 cm³/mol. The lowest BCUT2D eigenvalue weighted by Crippen LogP contribution is -2.45. The van der Waals surface area contributed by atoms with Gasteiger partial charge < -0.3 is 15.3 Å². The molecule has 0 aromatic rings. The molecule has 1 heterocycles. The van der Waals surface area contributed by atoms with Crippen molar-refractivity contribution >= 4 is 5.91 Å². The van der Waals surface area contributed by atoms with Gasteiger partial charge in [-0.3, -0.25) is 4.79 Å². The molecule has 0 aromatic heterocycles. The highest BCUT2D eigenvalue weighted by atomic mass is 16.3. The Balaban J connectivity index is 2.21. The highest BCUT2D eigenvalue weighted by molar-refractivity contribution is 5.73. The van der Waals surface area contributed by atoms with Gasteiger partial charge in [-0.1, -0.05) is 0 Å². The maximum atomic E-state index is 10.8. The first-order valence-corrected chi connectivity index (χ1v) is 5.25. The van der Waals surface area contributed by atoms with Gasteiger partial charge >= 0.3 is 0 Å². The number of β-amino-alcohol motifs (C(OH)–C–C–N with tert-alkyl or cyclic N) is 1. The molecule has 1 aliphatic heterocycles. The second-order valence-electron chi connectivity index (χ2n) is 4.12. The zero-order valence-corrected chi connectivity index (χ0v) is 8.99. The van der Waals surface area contributed by atoms with Gasteiger partial charge in [-0.2, -0.15) is 0 Å². The van der Waals surface area contributed by atoms with Crippen molar-refractivity contribution < 1.29 is 9.90 Å². The molecule has 4 heteroatoms. The van der Waals surface area contributed by atoms with Crippen LogP contribution in [0.2, 0.25) is 0 Å². The van der Waals surface area contributed by atoms with Crippen LogP contribution >= 0.6 is 0 Å². The predicted octanol–water partition coefficient (Wildman–Crippen LogP) is -0.0323. The van der Waals surface area contributed by atoms with Gasteiger partial charge in [0.2, 0.25) is 5.91 Å². The molecule has 1 aliphatic rings. The van der Waals surface area contributed by atoms with Crippen LogP contribution in [0, 0.1) is 0 Å². The van der Waals surface area contributed by atoms with Crippen LogP contribution in [0.15, 0.2) is 0 Å². The van der Waals surface area contributed by atoms with Crippen LogP contribution in [0.3, 0.4) is 0 Å². The first kappa shape index (κ1) is 11.5. The third-order valence-electron chi connectivity index (χ3n) is 2.52. The van der Waals surface area contributed by atoms with Gasteiger partial charge in [0.15, 0.2) is 0 Å². The summed E-state index contributed by atoms with van der Waals surface area (Å²) in [5.41, 5.74) is 0. The molecular formula is C10H20N2O2. The molecule has 1 atom stereocenters. The van der Waals surface area contributed by atoms with Crippen molar-refractivity contribution in [2.75, 3.05) is 19.6 Å². The van der Waals surface area contributed by atoms with Crippen LogP contribution < -0.4 is 5.32 Å². The van der Waals surface area contributed by atoms with Crippen molar-refractivity contribution in [2.24, 2.45) is 0 Å². The van der Waals surface area contributed by atoms with E-state index < -0.39 is 0 Å². The summed E-state index contributed by atoms with van der Waals surface area (Å²) in [5.74, 6) is 0.0546. The Kier molecular flexibility index (Phi) is 4.35. The minimum absolute atomic E-state index is 0.0546. The van der Waals surface area contributed by atoms with Crippen LogP contribution in [-0.2, 0) is 4.79 Å². The molecular weight excluding hydrogens is 180 g/mol. The third-order valence-corrected chi connectivity index (χ3v) is 2.52. The van der Waals surface area contributed by atoms with Gasteiger partial charge in [0.05, 0.1) is 6.10 Å². The van der Waals surface area contributed by atoms with Crippen LogP contribution in [-0.4, -0.2) is 47.7 Å². The molecule has 14 heavy (non-hydrogen) atoms. The van der Waals surface area contributed by atoms with E-state index in [4.69, 9.17) is 0 Å². The second kappa shape index (κ2) is 5.32. The Bertz CT molecular complexity index is 187. The number of aliphatic hydroxyl groups is 1. The van der Waals surface area contributed by atoms with Crippen molar-refractivity contribution in [2.45, 2.75) is 38.8 Å². The lowest BCUT2D eigenvalue weighted by molar-refractivity contribution is -0.120. The number of nitrogens with zero attached hydrogens (tertiary/aromatic N) is 1. The average Bonchev–Trinajstić information content (AvgIpc) is 2.06. The number of nitrogens with one attached hydrogen (secondary N) is 1. The SMILES string of the molecule is CC(=O)NC1CCN(C[C@@H](C)O)CC1. The van der Waals surface area contributed by atoms with E-state index in [0.717, 1.165) is 32.5 Å². The Labute approximate surface area is 85.3 Å². The van der Waals surface area contributed by atoms with Crippen molar-refractivity contribution in [1.82, 2.24) is 10.2 Å². The summed E-state index contributed by atoms with van der Waals surface area (Å²) >= 11 is 0. The second-order valence-corrected chi connectivity index (χ2v) is 4.12. The Morgan fingerprint density at radius 3 is 2.57 bits per heavy atom. The van der Waals surface area contributed by atoms with E-state index in [1.54, 1.807) is 13.8 Å². The quantitative estimate of drug-likeness (QED) is 0.672. The number of aliphatic hydroxyl groups excluding tert-OH is 1. The molecule has 0 bridgehead atoms. The molecule has 2 N–H and O–H groups in total. The molecule has 0 aliphatic carbocycles. The zero-order valence-electron chi connectivity index (χ0n) is 8.99. The summed E-state index contributed by atoms with van der Waals surface area (Å²) < 4.78 is 0. The fraction of sp³-hybridized carbons (Fsp3) is 0.900. The molecule has 1 rings (SSSR count). The largest absolute Gasteiger partial charge is 0.392 e. The molecule has 0 saturated carbocycles. The van der Waals surface area contributed by atoms with E-state index in [1.165, 1.54) is 0 Å². The molecule has 1 amide bonds. The fourth-order valence-corrected chi connectivity index (χ4v) is 1.92. The van der Waals surface area contributed by atoms with Gasteiger partial charge in [0.1, 0.15) is 0 Å². The van der Waals surface area contributed by atoms with E-state index in [-0.39, 0.29) is 12.0 Å². The maximum Gasteiger partial charge on any atom is 0.217 e. The number of amides is 1. The molecule has 1 saturated heterocycles. The number of carbonyl (C=O) groups excluding carboxylic acids is 1. The zero-order chi connectivity index (χ0) is 10.6. The summed E-state index contributed by atoms with van der Waals surface area (Å²) in [6, 6.07) is 0.331. The average molecular weight is 200 g/mol. The molecule has 0 unspecified atom stereocenters.